The Hall–Kier alpha value is -2.17. The molecule has 2 atom stereocenters. The lowest BCUT2D eigenvalue weighted by Gasteiger charge is -2.13. The Labute approximate surface area is 164 Å². The first-order chi connectivity index (χ1) is 12.3. The Morgan fingerprint density at radius 2 is 1.58 bits per heavy atom. The minimum atomic E-state index is -1.07. The van der Waals surface area contributed by atoms with Crippen LogP contribution in [0.3, 0.4) is 0 Å². The minimum Gasteiger partial charge on any atom is -0.508 e. The largest absolute Gasteiger partial charge is 0.508 e. The third-order valence-electron chi connectivity index (χ3n) is 3.67. The van der Waals surface area contributed by atoms with E-state index in [-0.39, 0.29) is 18.6 Å². The number of hydrogen-bond acceptors (Lipinski definition) is 6. The summed E-state index contributed by atoms with van der Waals surface area (Å²) in [6.45, 7) is 0. The molecular formula is C18H19IN2O5. The van der Waals surface area contributed by atoms with Gasteiger partial charge in [0.05, 0.1) is 3.57 Å². The van der Waals surface area contributed by atoms with Gasteiger partial charge in [-0.1, -0.05) is 18.2 Å². The van der Waals surface area contributed by atoms with Gasteiger partial charge in [-0.15, -0.1) is 0 Å². The molecule has 0 amide bonds. The van der Waals surface area contributed by atoms with Crippen molar-refractivity contribution in [3.05, 3.63) is 57.2 Å². The lowest BCUT2D eigenvalue weighted by molar-refractivity contribution is -0.138. The number of carbonyl (C=O) groups is 2. The van der Waals surface area contributed by atoms with E-state index in [9.17, 15) is 14.7 Å². The fourth-order valence-electron chi connectivity index (χ4n) is 2.25. The summed E-state index contributed by atoms with van der Waals surface area (Å²) < 4.78 is 6.00. The molecule has 0 bridgehead atoms. The molecule has 0 aliphatic carbocycles. The van der Waals surface area contributed by atoms with Gasteiger partial charge >= 0.3 is 11.9 Å². The highest BCUT2D eigenvalue weighted by Gasteiger charge is 2.19. The SMILES string of the molecule is N[C@@H](Cc1ccc(OC(=O)[C@@H](N)Cc2ccc(O)cc2)c(I)c1)C(=O)O. The molecule has 2 rings (SSSR count). The number of phenols is 1. The van der Waals surface area contributed by atoms with Crippen molar-refractivity contribution in [3.63, 3.8) is 0 Å². The van der Waals surface area contributed by atoms with Crippen LogP contribution >= 0.6 is 22.6 Å². The number of esters is 1. The van der Waals surface area contributed by atoms with Crippen LogP contribution in [-0.2, 0) is 22.4 Å². The van der Waals surface area contributed by atoms with Crippen LogP contribution in [0.4, 0.5) is 0 Å². The summed E-state index contributed by atoms with van der Waals surface area (Å²) >= 11 is 2.00. The second-order valence-corrected chi connectivity index (χ2v) is 6.97. The number of phenolic OH excluding ortho intramolecular Hbond substituents is 1. The predicted molar refractivity (Wildman–Crippen MR) is 104 cm³/mol. The highest BCUT2D eigenvalue weighted by molar-refractivity contribution is 14.1. The summed E-state index contributed by atoms with van der Waals surface area (Å²) in [5.41, 5.74) is 13.0. The zero-order chi connectivity index (χ0) is 19.3. The van der Waals surface area contributed by atoms with Crippen molar-refractivity contribution in [3.8, 4) is 11.5 Å². The number of hydrogen-bond donors (Lipinski definition) is 4. The number of aliphatic carboxylic acids is 1. The van der Waals surface area contributed by atoms with Gasteiger partial charge in [0.15, 0.2) is 0 Å². The molecule has 0 fully saturated rings. The summed E-state index contributed by atoms with van der Waals surface area (Å²) in [6, 6.07) is 9.56. The Kier molecular flexibility index (Phi) is 6.95. The highest BCUT2D eigenvalue weighted by Crippen LogP contribution is 2.23. The minimum absolute atomic E-state index is 0.141. The van der Waals surface area contributed by atoms with Gasteiger partial charge in [0.2, 0.25) is 0 Å². The number of carboxylic acids is 1. The first kappa shape index (κ1) is 20.1. The van der Waals surface area contributed by atoms with E-state index in [2.05, 4.69) is 0 Å². The van der Waals surface area contributed by atoms with Gasteiger partial charge < -0.3 is 26.4 Å². The lowest BCUT2D eigenvalue weighted by atomic mass is 10.1. The smallest absolute Gasteiger partial charge is 0.328 e. The molecule has 0 unspecified atom stereocenters. The summed E-state index contributed by atoms with van der Waals surface area (Å²) in [7, 11) is 0. The first-order valence-corrected chi connectivity index (χ1v) is 8.86. The normalized spacial score (nSPS) is 13.0. The average molecular weight is 470 g/mol. The van der Waals surface area contributed by atoms with Gasteiger partial charge in [-0.05, 0) is 70.8 Å². The van der Waals surface area contributed by atoms with E-state index in [1.165, 1.54) is 12.1 Å². The second kappa shape index (κ2) is 8.97. The van der Waals surface area contributed by atoms with Crippen molar-refractivity contribution in [1.29, 1.82) is 0 Å². The molecule has 2 aromatic carbocycles. The van der Waals surface area contributed by atoms with Gasteiger partial charge in [0.25, 0.3) is 0 Å². The fourth-order valence-corrected chi connectivity index (χ4v) is 2.94. The summed E-state index contributed by atoms with van der Waals surface area (Å²) in [5, 5.41) is 18.1. The zero-order valence-electron chi connectivity index (χ0n) is 13.8. The van der Waals surface area contributed by atoms with Crippen LogP contribution in [0.15, 0.2) is 42.5 Å². The van der Waals surface area contributed by atoms with Crippen LogP contribution < -0.4 is 16.2 Å². The number of rotatable bonds is 7. The molecule has 6 N–H and O–H groups in total. The zero-order valence-corrected chi connectivity index (χ0v) is 15.9. The predicted octanol–water partition coefficient (Wildman–Crippen LogP) is 1.43. The third-order valence-corrected chi connectivity index (χ3v) is 4.52. The maximum absolute atomic E-state index is 12.2. The number of ether oxygens (including phenoxy) is 1. The maximum Gasteiger partial charge on any atom is 0.328 e. The van der Waals surface area contributed by atoms with Gasteiger partial charge in [0.1, 0.15) is 23.6 Å². The molecule has 26 heavy (non-hydrogen) atoms. The van der Waals surface area contributed by atoms with Crippen molar-refractivity contribution in [2.45, 2.75) is 24.9 Å². The van der Waals surface area contributed by atoms with E-state index in [1.54, 1.807) is 30.3 Å². The molecule has 0 spiro atoms. The Morgan fingerprint density at radius 3 is 2.15 bits per heavy atom. The first-order valence-electron chi connectivity index (χ1n) is 7.78. The van der Waals surface area contributed by atoms with Crippen molar-refractivity contribution < 1.29 is 24.5 Å². The molecule has 8 heteroatoms. The van der Waals surface area contributed by atoms with Gasteiger partial charge in [-0.2, -0.15) is 0 Å². The average Bonchev–Trinajstić information content (AvgIpc) is 2.59. The molecule has 7 nitrogen and oxygen atoms in total. The van der Waals surface area contributed by atoms with E-state index in [1.807, 2.05) is 22.6 Å². The number of benzene rings is 2. The second-order valence-electron chi connectivity index (χ2n) is 5.81. The van der Waals surface area contributed by atoms with E-state index < -0.39 is 24.0 Å². The molecule has 0 saturated heterocycles. The quantitative estimate of drug-likeness (QED) is 0.273. The number of carbonyl (C=O) groups excluding carboxylic acids is 1. The van der Waals surface area contributed by atoms with Crippen molar-refractivity contribution in [2.24, 2.45) is 11.5 Å². The topological polar surface area (TPSA) is 136 Å². The summed E-state index contributed by atoms with van der Waals surface area (Å²) in [5.74, 6) is -1.16. The number of carboxylic acid groups (broad SMARTS) is 1. The van der Waals surface area contributed by atoms with E-state index in [0.29, 0.717) is 9.32 Å². The van der Waals surface area contributed by atoms with Crippen LogP contribution in [0, 0.1) is 3.57 Å². The van der Waals surface area contributed by atoms with E-state index >= 15 is 0 Å². The Bertz CT molecular complexity index is 795. The summed E-state index contributed by atoms with van der Waals surface area (Å²) in [6.07, 6.45) is 0.459. The monoisotopic (exact) mass is 470 g/mol. The van der Waals surface area contributed by atoms with Crippen LogP contribution in [0.25, 0.3) is 0 Å². The number of halogens is 1. The van der Waals surface area contributed by atoms with Crippen molar-refractivity contribution in [2.75, 3.05) is 0 Å². The highest BCUT2D eigenvalue weighted by atomic mass is 127. The third kappa shape index (κ3) is 5.68. The number of aromatic hydroxyl groups is 1. The van der Waals surface area contributed by atoms with Gasteiger partial charge in [-0.3, -0.25) is 4.79 Å². The molecule has 138 valence electrons. The standard InChI is InChI=1S/C18H19IN2O5/c19-13-7-11(9-14(20)17(23)24)3-6-16(13)26-18(25)15(21)8-10-1-4-12(22)5-2-10/h1-7,14-15,22H,8-9,20-21H2,(H,23,24)/t14-,15-/m0/s1. The van der Waals surface area contributed by atoms with Crippen molar-refractivity contribution in [1.82, 2.24) is 0 Å². The van der Waals surface area contributed by atoms with Crippen LogP contribution in [0.1, 0.15) is 11.1 Å². The van der Waals surface area contributed by atoms with Crippen LogP contribution in [0.2, 0.25) is 0 Å². The van der Waals surface area contributed by atoms with Crippen LogP contribution in [-0.4, -0.2) is 34.2 Å². The molecule has 0 aliphatic heterocycles. The molecule has 0 heterocycles. The fraction of sp³-hybridized carbons (Fsp3) is 0.222. The molecule has 0 aliphatic rings. The number of nitrogens with two attached hydrogens (primary N) is 2. The van der Waals surface area contributed by atoms with Crippen LogP contribution in [0.5, 0.6) is 11.5 Å². The molecule has 0 aromatic heterocycles. The molecule has 0 saturated carbocycles. The van der Waals surface area contributed by atoms with Crippen molar-refractivity contribution >= 4 is 34.5 Å². The molecular weight excluding hydrogens is 451 g/mol. The molecule has 0 radical (unpaired) electrons. The van der Waals surface area contributed by atoms with Gasteiger partial charge in [0, 0.05) is 0 Å². The maximum atomic E-state index is 12.2. The lowest BCUT2D eigenvalue weighted by Crippen LogP contribution is -2.36. The summed E-state index contributed by atoms with van der Waals surface area (Å²) in [4.78, 5) is 23.0. The van der Waals surface area contributed by atoms with Gasteiger partial charge in [-0.25, -0.2) is 4.79 Å². The van der Waals surface area contributed by atoms with E-state index in [4.69, 9.17) is 21.3 Å². The van der Waals surface area contributed by atoms with E-state index in [0.717, 1.165) is 11.1 Å². The Morgan fingerprint density at radius 1 is 1.00 bits per heavy atom. The molecule has 2 aromatic rings. The Balaban J connectivity index is 1.99.